The second-order valence-corrected chi connectivity index (χ2v) is 8.55. The Morgan fingerprint density at radius 1 is 0.906 bits per heavy atom. The molecule has 0 aliphatic carbocycles. The Balaban J connectivity index is 1.50. The second kappa shape index (κ2) is 10.4. The van der Waals surface area contributed by atoms with E-state index in [4.69, 9.17) is 9.47 Å². The zero-order chi connectivity index (χ0) is 22.3. The van der Waals surface area contributed by atoms with Crippen molar-refractivity contribution in [2.45, 2.75) is 39.5 Å². The molecular weight excluding hydrogens is 422 g/mol. The first-order valence-corrected chi connectivity index (χ1v) is 11.9. The summed E-state index contributed by atoms with van der Waals surface area (Å²) in [6, 6.07) is 15.4. The summed E-state index contributed by atoms with van der Waals surface area (Å²) in [4.78, 5) is 17.9. The van der Waals surface area contributed by atoms with Crippen molar-refractivity contribution >= 4 is 22.4 Å². The van der Waals surface area contributed by atoms with E-state index >= 15 is 0 Å². The van der Waals surface area contributed by atoms with Crippen LogP contribution in [0.5, 0.6) is 11.5 Å². The number of thiazole rings is 1. The van der Waals surface area contributed by atoms with Crippen molar-refractivity contribution in [3.05, 3.63) is 69.0 Å². The van der Waals surface area contributed by atoms with E-state index in [-0.39, 0.29) is 5.56 Å². The monoisotopic (exact) mass is 449 g/mol. The van der Waals surface area contributed by atoms with Crippen LogP contribution in [0.3, 0.4) is 0 Å². The van der Waals surface area contributed by atoms with E-state index in [0.717, 1.165) is 42.1 Å². The summed E-state index contributed by atoms with van der Waals surface area (Å²) in [5.74, 6) is 2.20. The van der Waals surface area contributed by atoms with Crippen LogP contribution in [-0.2, 0) is 0 Å². The number of rotatable bonds is 10. The predicted molar refractivity (Wildman–Crippen MR) is 129 cm³/mol. The van der Waals surface area contributed by atoms with Gasteiger partial charge in [0.05, 0.1) is 17.7 Å². The fraction of sp³-hybridized carbons (Fsp3) is 0.320. The zero-order valence-electron chi connectivity index (χ0n) is 18.4. The van der Waals surface area contributed by atoms with Crippen LogP contribution in [-0.4, -0.2) is 27.8 Å². The first-order chi connectivity index (χ1) is 15.7. The molecule has 0 unspecified atom stereocenters. The lowest BCUT2D eigenvalue weighted by Gasteiger charge is -2.05. The van der Waals surface area contributed by atoms with Crippen molar-refractivity contribution in [3.8, 4) is 22.9 Å². The Labute approximate surface area is 191 Å². The molecule has 0 spiro atoms. The standard InChI is InChI=1S/C25H27N3O3S/c1-3-5-6-16-31-21-13-9-19(10-14-21)23-26-25-28(27-23)24(29)22(32-25)17-18-7-11-20(12-8-18)30-15-4-2/h7-14,17H,3-6,15-16H2,1-2H3/b22-17+. The lowest BCUT2D eigenvalue weighted by atomic mass is 10.2. The van der Waals surface area contributed by atoms with Crippen LogP contribution in [0.2, 0.25) is 0 Å². The molecule has 0 aliphatic rings. The van der Waals surface area contributed by atoms with Gasteiger partial charge in [0.2, 0.25) is 4.96 Å². The molecule has 0 atom stereocenters. The van der Waals surface area contributed by atoms with Crippen LogP contribution in [0.1, 0.15) is 45.1 Å². The van der Waals surface area contributed by atoms with Gasteiger partial charge in [0.15, 0.2) is 5.82 Å². The maximum Gasteiger partial charge on any atom is 0.291 e. The summed E-state index contributed by atoms with van der Waals surface area (Å²) in [7, 11) is 0. The third-order valence-electron chi connectivity index (χ3n) is 4.96. The van der Waals surface area contributed by atoms with Crippen molar-refractivity contribution < 1.29 is 9.47 Å². The summed E-state index contributed by atoms with van der Waals surface area (Å²) < 4.78 is 13.3. The molecule has 0 bridgehead atoms. The number of hydrogen-bond acceptors (Lipinski definition) is 6. The quantitative estimate of drug-likeness (QED) is 0.328. The van der Waals surface area contributed by atoms with Crippen LogP contribution in [0, 0.1) is 0 Å². The van der Waals surface area contributed by atoms with Crippen LogP contribution < -0.4 is 19.6 Å². The molecule has 2 heterocycles. The summed E-state index contributed by atoms with van der Waals surface area (Å²) in [5, 5.41) is 4.43. The largest absolute Gasteiger partial charge is 0.494 e. The molecule has 0 aliphatic heterocycles. The summed E-state index contributed by atoms with van der Waals surface area (Å²) in [5.41, 5.74) is 1.63. The average Bonchev–Trinajstić information content (AvgIpc) is 3.36. The number of nitrogens with zero attached hydrogens (tertiary/aromatic N) is 3. The average molecular weight is 450 g/mol. The highest BCUT2D eigenvalue weighted by molar-refractivity contribution is 7.15. The Hall–Kier alpha value is -3.19. The van der Waals surface area contributed by atoms with Crippen LogP contribution in [0.4, 0.5) is 0 Å². The van der Waals surface area contributed by atoms with Gasteiger partial charge in [-0.15, -0.1) is 5.10 Å². The number of aromatic nitrogens is 3. The lowest BCUT2D eigenvalue weighted by Crippen LogP contribution is -2.23. The minimum Gasteiger partial charge on any atom is -0.494 e. The molecule has 0 amide bonds. The van der Waals surface area contributed by atoms with Crippen molar-refractivity contribution in [1.82, 2.24) is 14.6 Å². The smallest absolute Gasteiger partial charge is 0.291 e. The number of hydrogen-bond donors (Lipinski definition) is 0. The van der Waals surface area contributed by atoms with Gasteiger partial charge in [-0.3, -0.25) is 4.79 Å². The van der Waals surface area contributed by atoms with E-state index in [1.54, 1.807) is 0 Å². The van der Waals surface area contributed by atoms with Gasteiger partial charge in [0.25, 0.3) is 5.56 Å². The van der Waals surface area contributed by atoms with Crippen molar-refractivity contribution in [3.63, 3.8) is 0 Å². The summed E-state index contributed by atoms with van der Waals surface area (Å²) in [6.07, 6.45) is 6.22. The van der Waals surface area contributed by atoms with E-state index in [2.05, 4.69) is 23.9 Å². The molecule has 7 heteroatoms. The highest BCUT2D eigenvalue weighted by atomic mass is 32.1. The maximum atomic E-state index is 12.8. The summed E-state index contributed by atoms with van der Waals surface area (Å²) in [6.45, 7) is 5.66. The molecular formula is C25H27N3O3S. The van der Waals surface area contributed by atoms with Crippen molar-refractivity contribution in [1.29, 1.82) is 0 Å². The molecule has 2 aromatic carbocycles. The van der Waals surface area contributed by atoms with Gasteiger partial charge in [0, 0.05) is 5.56 Å². The van der Waals surface area contributed by atoms with Gasteiger partial charge in [-0.25, -0.2) is 0 Å². The molecule has 32 heavy (non-hydrogen) atoms. The van der Waals surface area contributed by atoms with Gasteiger partial charge in [0.1, 0.15) is 11.5 Å². The predicted octanol–water partition coefficient (Wildman–Crippen LogP) is 4.72. The van der Waals surface area contributed by atoms with Gasteiger partial charge in [-0.2, -0.15) is 9.50 Å². The molecule has 2 aromatic heterocycles. The SMILES string of the molecule is CCCCCOc1ccc(-c2nc3s/c(=C/c4ccc(OCCC)cc4)c(=O)n3n2)cc1. The molecule has 4 aromatic rings. The molecule has 6 nitrogen and oxygen atoms in total. The Morgan fingerprint density at radius 3 is 2.25 bits per heavy atom. The van der Waals surface area contributed by atoms with E-state index in [0.29, 0.717) is 21.9 Å². The lowest BCUT2D eigenvalue weighted by molar-refractivity contribution is 0.306. The molecule has 0 fully saturated rings. The first-order valence-electron chi connectivity index (χ1n) is 11.1. The fourth-order valence-electron chi connectivity index (χ4n) is 3.23. The Morgan fingerprint density at radius 2 is 1.59 bits per heavy atom. The number of ether oxygens (including phenoxy) is 2. The molecule has 0 saturated heterocycles. The highest BCUT2D eigenvalue weighted by Crippen LogP contribution is 2.21. The van der Waals surface area contributed by atoms with E-state index in [9.17, 15) is 4.79 Å². The minimum atomic E-state index is -0.161. The van der Waals surface area contributed by atoms with E-state index in [1.807, 2.05) is 54.6 Å². The number of unbranched alkanes of at least 4 members (excludes halogenated alkanes) is 2. The maximum absolute atomic E-state index is 12.8. The fourth-order valence-corrected chi connectivity index (χ4v) is 4.14. The van der Waals surface area contributed by atoms with Crippen molar-refractivity contribution in [2.24, 2.45) is 0 Å². The minimum absolute atomic E-state index is 0.161. The third-order valence-corrected chi connectivity index (χ3v) is 5.92. The van der Waals surface area contributed by atoms with E-state index in [1.165, 1.54) is 28.7 Å². The zero-order valence-corrected chi connectivity index (χ0v) is 19.2. The van der Waals surface area contributed by atoms with Gasteiger partial charge >= 0.3 is 0 Å². The highest BCUT2D eigenvalue weighted by Gasteiger charge is 2.12. The molecule has 0 N–H and O–H groups in total. The van der Waals surface area contributed by atoms with Gasteiger partial charge in [-0.05, 0) is 60.9 Å². The summed E-state index contributed by atoms with van der Waals surface area (Å²) >= 11 is 1.34. The second-order valence-electron chi connectivity index (χ2n) is 7.54. The molecule has 0 saturated carbocycles. The van der Waals surface area contributed by atoms with Crippen LogP contribution in [0.25, 0.3) is 22.4 Å². The van der Waals surface area contributed by atoms with Crippen LogP contribution >= 0.6 is 11.3 Å². The Kier molecular flexibility index (Phi) is 7.17. The topological polar surface area (TPSA) is 65.7 Å². The van der Waals surface area contributed by atoms with E-state index < -0.39 is 0 Å². The van der Waals surface area contributed by atoms with Crippen molar-refractivity contribution in [2.75, 3.05) is 13.2 Å². The number of fused-ring (bicyclic) bond motifs is 1. The van der Waals surface area contributed by atoms with Crippen LogP contribution in [0.15, 0.2) is 53.3 Å². The molecule has 4 rings (SSSR count). The third kappa shape index (κ3) is 5.16. The van der Waals surface area contributed by atoms with Gasteiger partial charge in [-0.1, -0.05) is 50.2 Å². The molecule has 0 radical (unpaired) electrons. The first kappa shape index (κ1) is 22.0. The number of benzene rings is 2. The molecule has 166 valence electrons. The normalized spacial score (nSPS) is 11.9. The van der Waals surface area contributed by atoms with Gasteiger partial charge < -0.3 is 9.47 Å². The Bertz CT molecular complexity index is 1260.